The third-order valence-electron chi connectivity index (χ3n) is 3.46. The quantitative estimate of drug-likeness (QED) is 0.519. The number of anilines is 4. The number of hydrogen-bond acceptors (Lipinski definition) is 7. The summed E-state index contributed by atoms with van der Waals surface area (Å²) in [6.07, 6.45) is 0. The summed E-state index contributed by atoms with van der Waals surface area (Å²) in [4.78, 5) is 35.0. The van der Waals surface area contributed by atoms with Crippen LogP contribution in [-0.4, -0.2) is 37.1 Å². The molecule has 0 bridgehead atoms. The van der Waals surface area contributed by atoms with Gasteiger partial charge in [-0.15, -0.1) is 0 Å². The molecule has 1 heterocycles. The molecule has 136 valence electrons. The first-order valence-corrected chi connectivity index (χ1v) is 7.84. The van der Waals surface area contributed by atoms with E-state index < -0.39 is 11.9 Å². The van der Waals surface area contributed by atoms with Gasteiger partial charge in [-0.3, -0.25) is 0 Å². The molecule has 4 N–H and O–H groups in total. The zero-order chi connectivity index (χ0) is 19.4. The van der Waals surface area contributed by atoms with Gasteiger partial charge >= 0.3 is 11.9 Å². The fraction of sp³-hybridized carbons (Fsp3) is 0.0556. The van der Waals surface area contributed by atoms with Crippen molar-refractivity contribution in [3.8, 4) is 0 Å². The Morgan fingerprint density at radius 1 is 0.778 bits per heavy atom. The molecular weight excluding hydrogens is 350 g/mol. The Hall–Kier alpha value is -4.01. The number of carboxylic acid groups (broad SMARTS) is 2. The predicted octanol–water partition coefficient (Wildman–Crippen LogP) is 3.06. The van der Waals surface area contributed by atoms with E-state index in [0.717, 1.165) is 11.8 Å². The van der Waals surface area contributed by atoms with E-state index in [-0.39, 0.29) is 22.8 Å². The van der Waals surface area contributed by atoms with Crippen LogP contribution in [0.5, 0.6) is 0 Å². The normalized spacial score (nSPS) is 10.3. The van der Waals surface area contributed by atoms with E-state index >= 15 is 0 Å². The van der Waals surface area contributed by atoms with E-state index in [2.05, 4.69) is 25.6 Å². The molecule has 0 spiro atoms. The van der Waals surface area contributed by atoms with Crippen molar-refractivity contribution in [1.82, 2.24) is 15.0 Å². The van der Waals surface area contributed by atoms with Crippen molar-refractivity contribution in [2.24, 2.45) is 0 Å². The molecule has 0 aliphatic heterocycles. The zero-order valence-electron chi connectivity index (χ0n) is 14.2. The Morgan fingerprint density at radius 2 is 1.30 bits per heavy atom. The first kappa shape index (κ1) is 17.8. The van der Waals surface area contributed by atoms with Crippen molar-refractivity contribution in [3.63, 3.8) is 0 Å². The minimum Gasteiger partial charge on any atom is -0.478 e. The Labute approximate surface area is 153 Å². The van der Waals surface area contributed by atoms with E-state index in [1.807, 2.05) is 30.3 Å². The van der Waals surface area contributed by atoms with Crippen molar-refractivity contribution < 1.29 is 19.8 Å². The van der Waals surface area contributed by atoms with Gasteiger partial charge in [0.05, 0.1) is 11.1 Å². The number of para-hydroxylation sites is 1. The van der Waals surface area contributed by atoms with Crippen LogP contribution < -0.4 is 10.6 Å². The Kier molecular flexibility index (Phi) is 4.93. The highest BCUT2D eigenvalue weighted by atomic mass is 16.4. The molecular formula is C18H15N5O4. The van der Waals surface area contributed by atoms with Crippen LogP contribution in [0.25, 0.3) is 0 Å². The van der Waals surface area contributed by atoms with Crippen LogP contribution in [0.15, 0.2) is 48.5 Å². The molecule has 0 atom stereocenters. The summed E-state index contributed by atoms with van der Waals surface area (Å²) in [7, 11) is 0. The molecule has 0 radical (unpaired) electrons. The van der Waals surface area contributed by atoms with Gasteiger partial charge in [0.15, 0.2) is 0 Å². The number of benzene rings is 2. The number of rotatable bonds is 6. The molecule has 9 heteroatoms. The molecule has 9 nitrogen and oxygen atoms in total. The average Bonchev–Trinajstić information content (AvgIpc) is 2.61. The van der Waals surface area contributed by atoms with Crippen molar-refractivity contribution in [1.29, 1.82) is 0 Å². The maximum atomic E-state index is 11.2. The van der Waals surface area contributed by atoms with Crippen molar-refractivity contribution in [3.05, 3.63) is 65.5 Å². The number of hydrogen-bond donors (Lipinski definition) is 4. The highest BCUT2D eigenvalue weighted by molar-refractivity contribution is 5.95. The van der Waals surface area contributed by atoms with Gasteiger partial charge in [-0.2, -0.15) is 15.0 Å². The van der Waals surface area contributed by atoms with Crippen molar-refractivity contribution in [2.75, 3.05) is 10.6 Å². The van der Waals surface area contributed by atoms with Gasteiger partial charge < -0.3 is 20.8 Å². The predicted molar refractivity (Wildman–Crippen MR) is 97.9 cm³/mol. The van der Waals surface area contributed by atoms with Gasteiger partial charge in [0, 0.05) is 11.4 Å². The lowest BCUT2D eigenvalue weighted by Gasteiger charge is -2.10. The highest BCUT2D eigenvalue weighted by Crippen LogP contribution is 2.20. The fourth-order valence-corrected chi connectivity index (χ4v) is 2.32. The zero-order valence-corrected chi connectivity index (χ0v) is 14.2. The maximum absolute atomic E-state index is 11.2. The number of carboxylic acids is 2. The van der Waals surface area contributed by atoms with Crippen LogP contribution in [0, 0.1) is 6.92 Å². The van der Waals surface area contributed by atoms with E-state index in [9.17, 15) is 9.59 Å². The molecule has 0 saturated heterocycles. The summed E-state index contributed by atoms with van der Waals surface area (Å²) in [5.74, 6) is -1.60. The molecule has 0 aliphatic carbocycles. The number of nitrogens with one attached hydrogen (secondary N) is 2. The molecule has 27 heavy (non-hydrogen) atoms. The second kappa shape index (κ2) is 7.48. The Balaban J connectivity index is 1.91. The molecule has 0 amide bonds. The fourth-order valence-electron chi connectivity index (χ4n) is 2.32. The minimum atomic E-state index is -1.24. The Bertz CT molecular complexity index is 976. The molecule has 0 saturated carbocycles. The lowest BCUT2D eigenvalue weighted by Crippen LogP contribution is -2.07. The first-order valence-electron chi connectivity index (χ1n) is 7.84. The summed E-state index contributed by atoms with van der Waals surface area (Å²) >= 11 is 0. The van der Waals surface area contributed by atoms with E-state index in [1.165, 1.54) is 12.1 Å². The SMILES string of the molecule is Cc1nc(Nc2ccccc2)nc(Nc2cc(C(=O)O)cc(C(=O)O)c2)n1. The summed E-state index contributed by atoms with van der Waals surface area (Å²) in [6.45, 7) is 1.68. The second-order valence-electron chi connectivity index (χ2n) is 5.56. The Morgan fingerprint density at radius 3 is 1.81 bits per heavy atom. The lowest BCUT2D eigenvalue weighted by atomic mass is 10.1. The van der Waals surface area contributed by atoms with Gasteiger partial charge in [0.2, 0.25) is 11.9 Å². The van der Waals surface area contributed by atoms with Gasteiger partial charge in [-0.1, -0.05) is 18.2 Å². The molecule has 0 unspecified atom stereocenters. The molecule has 3 aromatic rings. The van der Waals surface area contributed by atoms with Crippen LogP contribution >= 0.6 is 0 Å². The van der Waals surface area contributed by atoms with Crippen LogP contribution in [0.4, 0.5) is 23.3 Å². The molecule has 0 aliphatic rings. The number of carbonyl (C=O) groups is 2. The third kappa shape index (κ3) is 4.54. The summed E-state index contributed by atoms with van der Waals surface area (Å²) in [6, 6.07) is 13.0. The first-order chi connectivity index (χ1) is 12.9. The summed E-state index contributed by atoms with van der Waals surface area (Å²) < 4.78 is 0. The molecule has 1 aromatic heterocycles. The van der Waals surface area contributed by atoms with Gasteiger partial charge in [0.1, 0.15) is 5.82 Å². The van der Waals surface area contributed by atoms with Crippen molar-refractivity contribution >= 4 is 35.2 Å². The van der Waals surface area contributed by atoms with Gasteiger partial charge in [-0.05, 0) is 37.3 Å². The number of aromatic nitrogens is 3. The van der Waals surface area contributed by atoms with Crippen molar-refractivity contribution in [2.45, 2.75) is 6.92 Å². The van der Waals surface area contributed by atoms with Crippen LogP contribution in [0.1, 0.15) is 26.5 Å². The highest BCUT2D eigenvalue weighted by Gasteiger charge is 2.13. The molecule has 0 fully saturated rings. The monoisotopic (exact) mass is 365 g/mol. The van der Waals surface area contributed by atoms with E-state index in [1.54, 1.807) is 6.92 Å². The lowest BCUT2D eigenvalue weighted by molar-refractivity contribution is 0.0696. The van der Waals surface area contributed by atoms with E-state index in [0.29, 0.717) is 11.8 Å². The standard InChI is InChI=1S/C18H15N5O4/c1-10-19-17(21-13-5-3-2-4-6-13)23-18(20-10)22-14-8-11(15(24)25)7-12(9-14)16(26)27/h2-9H,1H3,(H,24,25)(H,26,27)(H2,19,20,21,22,23). The summed E-state index contributed by atoms with van der Waals surface area (Å²) in [5.41, 5.74) is 0.704. The minimum absolute atomic E-state index is 0.153. The number of aromatic carboxylic acids is 2. The number of nitrogens with zero attached hydrogens (tertiary/aromatic N) is 3. The number of aryl methyl sites for hydroxylation is 1. The van der Waals surface area contributed by atoms with Gasteiger partial charge in [-0.25, -0.2) is 9.59 Å². The topological polar surface area (TPSA) is 137 Å². The third-order valence-corrected chi connectivity index (χ3v) is 3.46. The van der Waals surface area contributed by atoms with Crippen LogP contribution in [-0.2, 0) is 0 Å². The maximum Gasteiger partial charge on any atom is 0.335 e. The molecule has 2 aromatic carbocycles. The largest absolute Gasteiger partial charge is 0.478 e. The van der Waals surface area contributed by atoms with Crippen LogP contribution in [0.2, 0.25) is 0 Å². The summed E-state index contributed by atoms with van der Waals surface area (Å²) in [5, 5.41) is 24.2. The molecule has 3 rings (SSSR count). The van der Waals surface area contributed by atoms with Gasteiger partial charge in [0.25, 0.3) is 0 Å². The van der Waals surface area contributed by atoms with E-state index in [4.69, 9.17) is 10.2 Å². The average molecular weight is 365 g/mol. The smallest absolute Gasteiger partial charge is 0.335 e. The second-order valence-corrected chi connectivity index (χ2v) is 5.56. The van der Waals surface area contributed by atoms with Crippen LogP contribution in [0.3, 0.4) is 0 Å².